The van der Waals surface area contributed by atoms with E-state index in [0.29, 0.717) is 10.7 Å². The lowest BCUT2D eigenvalue weighted by Crippen LogP contribution is -2.34. The van der Waals surface area contributed by atoms with Crippen LogP contribution < -0.4 is 15.0 Å². The molecule has 0 bridgehead atoms. The fourth-order valence-corrected chi connectivity index (χ4v) is 2.62. The van der Waals surface area contributed by atoms with Crippen LogP contribution in [0.2, 0.25) is 5.02 Å². The number of nitrogens with zero attached hydrogens (tertiary/aromatic N) is 1. The van der Waals surface area contributed by atoms with E-state index in [4.69, 9.17) is 16.3 Å². The first-order chi connectivity index (χ1) is 11.1. The van der Waals surface area contributed by atoms with Crippen LogP contribution in [-0.4, -0.2) is 25.0 Å². The van der Waals surface area contributed by atoms with Gasteiger partial charge >= 0.3 is 0 Å². The van der Waals surface area contributed by atoms with E-state index in [-0.39, 0.29) is 18.2 Å². The number of hydrogen-bond donors (Lipinski definition) is 1. The van der Waals surface area contributed by atoms with Gasteiger partial charge in [-0.2, -0.15) is 0 Å². The summed E-state index contributed by atoms with van der Waals surface area (Å²) in [5.74, 6) is 0.226. The first-order valence-corrected chi connectivity index (χ1v) is 7.49. The van der Waals surface area contributed by atoms with Gasteiger partial charge in [0.05, 0.1) is 19.2 Å². The van der Waals surface area contributed by atoms with Crippen molar-refractivity contribution in [3.63, 3.8) is 0 Å². The van der Waals surface area contributed by atoms with Crippen molar-refractivity contribution in [1.82, 2.24) is 0 Å². The number of rotatable bonds is 4. The first-order valence-electron chi connectivity index (χ1n) is 7.11. The van der Waals surface area contributed by atoms with Crippen molar-refractivity contribution in [2.45, 2.75) is 12.5 Å². The number of imide groups is 1. The SMILES string of the molecule is COc1ccc(N[C@H]2CC(=O)N(c3ccc(Cl)cc3)C2=O)cc1. The second-order valence-corrected chi connectivity index (χ2v) is 5.61. The molecule has 5 nitrogen and oxygen atoms in total. The summed E-state index contributed by atoms with van der Waals surface area (Å²) in [5, 5.41) is 3.65. The number of benzene rings is 2. The van der Waals surface area contributed by atoms with Gasteiger partial charge in [0.25, 0.3) is 5.91 Å². The molecule has 1 N–H and O–H groups in total. The first kappa shape index (κ1) is 15.4. The highest BCUT2D eigenvalue weighted by atomic mass is 35.5. The molecule has 1 atom stereocenters. The topological polar surface area (TPSA) is 58.6 Å². The summed E-state index contributed by atoms with van der Waals surface area (Å²) in [5.41, 5.74) is 1.29. The van der Waals surface area contributed by atoms with Gasteiger partial charge in [0.15, 0.2) is 0 Å². The maximum atomic E-state index is 12.5. The molecule has 1 aliphatic rings. The van der Waals surface area contributed by atoms with Crippen LogP contribution in [0.25, 0.3) is 0 Å². The minimum absolute atomic E-state index is 0.119. The maximum Gasteiger partial charge on any atom is 0.256 e. The van der Waals surface area contributed by atoms with Crippen LogP contribution in [0.3, 0.4) is 0 Å². The lowest BCUT2D eigenvalue weighted by atomic mass is 10.2. The quantitative estimate of drug-likeness (QED) is 0.875. The predicted octanol–water partition coefficient (Wildman–Crippen LogP) is 3.09. The number of carbonyl (C=O) groups is 2. The number of hydrogen-bond acceptors (Lipinski definition) is 4. The van der Waals surface area contributed by atoms with Gasteiger partial charge in [0, 0.05) is 10.7 Å². The molecule has 6 heteroatoms. The molecule has 1 aliphatic heterocycles. The monoisotopic (exact) mass is 330 g/mol. The average Bonchev–Trinajstić information content (AvgIpc) is 2.83. The smallest absolute Gasteiger partial charge is 0.256 e. The summed E-state index contributed by atoms with van der Waals surface area (Å²) >= 11 is 5.84. The summed E-state index contributed by atoms with van der Waals surface area (Å²) in [6.07, 6.45) is 0.119. The third-order valence-corrected chi connectivity index (χ3v) is 3.91. The van der Waals surface area contributed by atoms with E-state index in [9.17, 15) is 9.59 Å². The number of amides is 2. The van der Waals surface area contributed by atoms with E-state index in [1.54, 1.807) is 43.5 Å². The highest BCUT2D eigenvalue weighted by Gasteiger charge is 2.39. The Morgan fingerprint density at radius 1 is 1.09 bits per heavy atom. The van der Waals surface area contributed by atoms with Crippen LogP contribution >= 0.6 is 11.6 Å². The predicted molar refractivity (Wildman–Crippen MR) is 89.0 cm³/mol. The highest BCUT2D eigenvalue weighted by Crippen LogP contribution is 2.26. The molecule has 2 amide bonds. The van der Waals surface area contributed by atoms with E-state index in [1.165, 1.54) is 4.90 Å². The van der Waals surface area contributed by atoms with E-state index in [0.717, 1.165) is 11.4 Å². The Labute approximate surface area is 138 Å². The number of anilines is 2. The van der Waals surface area contributed by atoms with Crippen molar-refractivity contribution in [2.75, 3.05) is 17.3 Å². The number of halogens is 1. The van der Waals surface area contributed by atoms with E-state index >= 15 is 0 Å². The fourth-order valence-electron chi connectivity index (χ4n) is 2.49. The molecule has 118 valence electrons. The largest absolute Gasteiger partial charge is 0.497 e. The molecule has 2 aromatic carbocycles. The minimum atomic E-state index is -0.577. The van der Waals surface area contributed by atoms with Crippen molar-refractivity contribution >= 4 is 34.8 Å². The zero-order valence-electron chi connectivity index (χ0n) is 12.5. The Morgan fingerprint density at radius 3 is 2.35 bits per heavy atom. The second kappa shape index (κ2) is 6.30. The van der Waals surface area contributed by atoms with Crippen LogP contribution in [-0.2, 0) is 9.59 Å². The summed E-state index contributed by atoms with van der Waals surface area (Å²) in [6, 6.07) is 13.3. The normalized spacial score (nSPS) is 17.5. The van der Waals surface area contributed by atoms with Crippen molar-refractivity contribution in [3.05, 3.63) is 53.6 Å². The van der Waals surface area contributed by atoms with Gasteiger partial charge in [-0.05, 0) is 48.5 Å². The summed E-state index contributed by atoms with van der Waals surface area (Å²) < 4.78 is 5.09. The molecular weight excluding hydrogens is 316 g/mol. The molecule has 0 aliphatic carbocycles. The van der Waals surface area contributed by atoms with Gasteiger partial charge in [-0.3, -0.25) is 9.59 Å². The zero-order chi connectivity index (χ0) is 16.4. The molecule has 1 heterocycles. The van der Waals surface area contributed by atoms with Crippen LogP contribution in [0.5, 0.6) is 5.75 Å². The maximum absolute atomic E-state index is 12.5. The summed E-state index contributed by atoms with van der Waals surface area (Å²) in [4.78, 5) is 25.9. The summed E-state index contributed by atoms with van der Waals surface area (Å²) in [6.45, 7) is 0. The molecular formula is C17H15ClN2O3. The van der Waals surface area contributed by atoms with Crippen molar-refractivity contribution in [3.8, 4) is 5.75 Å². The number of ether oxygens (including phenoxy) is 1. The van der Waals surface area contributed by atoms with Gasteiger partial charge in [0.1, 0.15) is 11.8 Å². The van der Waals surface area contributed by atoms with Gasteiger partial charge in [-0.15, -0.1) is 0 Å². The molecule has 0 radical (unpaired) electrons. The van der Waals surface area contributed by atoms with Crippen molar-refractivity contribution < 1.29 is 14.3 Å². The van der Waals surface area contributed by atoms with Gasteiger partial charge in [-0.1, -0.05) is 11.6 Å². The molecule has 1 saturated heterocycles. The molecule has 0 unspecified atom stereocenters. The lowest BCUT2D eigenvalue weighted by Gasteiger charge is -2.16. The number of nitrogens with one attached hydrogen (secondary N) is 1. The molecule has 0 saturated carbocycles. The third-order valence-electron chi connectivity index (χ3n) is 3.66. The number of methoxy groups -OCH3 is 1. The van der Waals surface area contributed by atoms with Gasteiger partial charge < -0.3 is 10.1 Å². The molecule has 2 aromatic rings. The average molecular weight is 331 g/mol. The molecule has 1 fully saturated rings. The van der Waals surface area contributed by atoms with E-state index in [2.05, 4.69) is 5.32 Å². The molecule has 23 heavy (non-hydrogen) atoms. The second-order valence-electron chi connectivity index (χ2n) is 5.17. The van der Waals surface area contributed by atoms with E-state index < -0.39 is 6.04 Å². The van der Waals surface area contributed by atoms with Crippen molar-refractivity contribution in [1.29, 1.82) is 0 Å². The third kappa shape index (κ3) is 3.14. The van der Waals surface area contributed by atoms with Crippen LogP contribution in [0, 0.1) is 0 Å². The van der Waals surface area contributed by atoms with Crippen LogP contribution in [0.4, 0.5) is 11.4 Å². The minimum Gasteiger partial charge on any atom is -0.497 e. The Balaban J connectivity index is 1.76. The van der Waals surface area contributed by atoms with Crippen LogP contribution in [0.15, 0.2) is 48.5 Å². The Hall–Kier alpha value is -2.53. The van der Waals surface area contributed by atoms with Crippen LogP contribution in [0.1, 0.15) is 6.42 Å². The van der Waals surface area contributed by atoms with Crippen molar-refractivity contribution in [2.24, 2.45) is 0 Å². The molecule has 3 rings (SSSR count). The molecule has 0 aromatic heterocycles. The summed E-state index contributed by atoms with van der Waals surface area (Å²) in [7, 11) is 1.59. The number of carbonyl (C=O) groups excluding carboxylic acids is 2. The standard InChI is InChI=1S/C17H15ClN2O3/c1-23-14-8-4-12(5-9-14)19-15-10-16(21)20(17(15)22)13-6-2-11(18)3-7-13/h2-9,15,19H,10H2,1H3/t15-/m0/s1. The zero-order valence-corrected chi connectivity index (χ0v) is 13.2. The Morgan fingerprint density at radius 2 is 1.74 bits per heavy atom. The van der Waals surface area contributed by atoms with Gasteiger partial charge in [-0.25, -0.2) is 4.90 Å². The highest BCUT2D eigenvalue weighted by molar-refractivity contribution is 6.30. The Kier molecular flexibility index (Phi) is 4.21. The molecule has 0 spiro atoms. The Bertz CT molecular complexity index is 729. The van der Waals surface area contributed by atoms with E-state index in [1.807, 2.05) is 12.1 Å². The van der Waals surface area contributed by atoms with Gasteiger partial charge in [0.2, 0.25) is 5.91 Å². The lowest BCUT2D eigenvalue weighted by molar-refractivity contribution is -0.121. The fraction of sp³-hybridized carbons (Fsp3) is 0.176.